The van der Waals surface area contributed by atoms with Crippen molar-refractivity contribution in [3.8, 4) is 12.3 Å². The van der Waals surface area contributed by atoms with Gasteiger partial charge in [-0.1, -0.05) is 18.9 Å². The van der Waals surface area contributed by atoms with E-state index in [1.807, 2.05) is 6.92 Å². The van der Waals surface area contributed by atoms with Crippen LogP contribution in [0.5, 0.6) is 0 Å². The van der Waals surface area contributed by atoms with E-state index < -0.39 is 0 Å². The molecular formula is C9H8ClF. The van der Waals surface area contributed by atoms with E-state index in [-0.39, 0.29) is 17.1 Å². The molecule has 1 aliphatic carbocycles. The van der Waals surface area contributed by atoms with E-state index in [1.54, 1.807) is 6.08 Å². The summed E-state index contributed by atoms with van der Waals surface area (Å²) in [5.41, 5.74) is 0.314. The third-order valence-corrected chi connectivity index (χ3v) is 2.17. The van der Waals surface area contributed by atoms with E-state index >= 15 is 0 Å². The van der Waals surface area contributed by atoms with Crippen LogP contribution in [0.4, 0.5) is 4.39 Å². The maximum Gasteiger partial charge on any atom is 0.136 e. The van der Waals surface area contributed by atoms with Crippen LogP contribution in [0.25, 0.3) is 0 Å². The second-order valence-electron chi connectivity index (χ2n) is 2.54. The van der Waals surface area contributed by atoms with E-state index in [4.69, 9.17) is 18.0 Å². The fraction of sp³-hybridized carbons (Fsp3) is 0.333. The highest BCUT2D eigenvalue weighted by molar-refractivity contribution is 6.22. The van der Waals surface area contributed by atoms with E-state index in [9.17, 15) is 4.39 Å². The van der Waals surface area contributed by atoms with E-state index in [0.29, 0.717) is 5.57 Å². The van der Waals surface area contributed by atoms with Gasteiger partial charge in [-0.25, -0.2) is 4.39 Å². The fourth-order valence-corrected chi connectivity index (χ4v) is 1.12. The van der Waals surface area contributed by atoms with Gasteiger partial charge < -0.3 is 0 Å². The number of allylic oxidation sites excluding steroid dienone is 4. The molecule has 2 heteroatoms. The Hall–Kier alpha value is -0.740. The third kappa shape index (κ3) is 1.64. The van der Waals surface area contributed by atoms with Gasteiger partial charge in [-0.2, -0.15) is 0 Å². The minimum Gasteiger partial charge on any atom is -0.206 e. The van der Waals surface area contributed by atoms with Gasteiger partial charge in [0.2, 0.25) is 0 Å². The Kier molecular flexibility index (Phi) is 2.36. The quantitative estimate of drug-likeness (QED) is 0.387. The molecule has 0 heterocycles. The Morgan fingerprint density at radius 3 is 2.82 bits per heavy atom. The van der Waals surface area contributed by atoms with Crippen LogP contribution in [0, 0.1) is 18.3 Å². The molecule has 2 atom stereocenters. The lowest BCUT2D eigenvalue weighted by atomic mass is 9.97. The molecule has 0 amide bonds. The van der Waals surface area contributed by atoms with E-state index in [2.05, 4.69) is 5.92 Å². The van der Waals surface area contributed by atoms with Crippen molar-refractivity contribution in [1.82, 2.24) is 0 Å². The number of terminal acetylenes is 1. The smallest absolute Gasteiger partial charge is 0.136 e. The molecule has 0 saturated heterocycles. The van der Waals surface area contributed by atoms with Crippen molar-refractivity contribution in [2.45, 2.75) is 12.3 Å². The largest absolute Gasteiger partial charge is 0.206 e. The van der Waals surface area contributed by atoms with Gasteiger partial charge in [-0.05, 0) is 12.0 Å². The molecule has 1 aliphatic rings. The number of halogens is 2. The van der Waals surface area contributed by atoms with E-state index in [0.717, 1.165) is 0 Å². The second kappa shape index (κ2) is 3.11. The topological polar surface area (TPSA) is 0 Å². The van der Waals surface area contributed by atoms with Crippen LogP contribution in [0.2, 0.25) is 0 Å². The SMILES string of the molecule is C#CC1=CC(C)C(Cl)C=C1F. The van der Waals surface area contributed by atoms with Crippen LogP contribution in [0.3, 0.4) is 0 Å². The normalized spacial score (nSPS) is 30.4. The molecule has 58 valence electrons. The molecule has 0 aromatic rings. The van der Waals surface area contributed by atoms with Crippen molar-refractivity contribution in [1.29, 1.82) is 0 Å². The molecule has 0 aromatic carbocycles. The lowest BCUT2D eigenvalue weighted by molar-refractivity contribution is 0.618. The predicted octanol–water partition coefficient (Wildman–Crippen LogP) is 2.66. The van der Waals surface area contributed by atoms with Gasteiger partial charge >= 0.3 is 0 Å². The highest BCUT2D eigenvalue weighted by Crippen LogP contribution is 2.26. The fourth-order valence-electron chi connectivity index (χ4n) is 0.933. The summed E-state index contributed by atoms with van der Waals surface area (Å²) in [7, 11) is 0. The Labute approximate surface area is 70.7 Å². The maximum absolute atomic E-state index is 12.8. The molecule has 11 heavy (non-hydrogen) atoms. The summed E-state index contributed by atoms with van der Waals surface area (Å²) < 4.78 is 12.8. The molecule has 0 fully saturated rings. The maximum atomic E-state index is 12.8. The molecule has 0 bridgehead atoms. The van der Waals surface area contributed by atoms with Crippen LogP contribution in [0.1, 0.15) is 6.92 Å². The highest BCUT2D eigenvalue weighted by atomic mass is 35.5. The molecule has 0 aliphatic heterocycles. The second-order valence-corrected chi connectivity index (χ2v) is 3.05. The van der Waals surface area contributed by atoms with Gasteiger partial charge in [0.15, 0.2) is 0 Å². The Morgan fingerprint density at radius 2 is 2.27 bits per heavy atom. The van der Waals surface area contributed by atoms with Crippen LogP contribution in [-0.4, -0.2) is 5.38 Å². The molecule has 0 N–H and O–H groups in total. The first-order valence-electron chi connectivity index (χ1n) is 3.35. The standard InChI is InChI=1S/C9H8ClF/c1-3-7-4-6(2)8(10)5-9(7)11/h1,4-6,8H,2H3. The van der Waals surface area contributed by atoms with Crippen molar-refractivity contribution < 1.29 is 4.39 Å². The molecule has 0 nitrogen and oxygen atoms in total. The molecule has 0 spiro atoms. The summed E-state index contributed by atoms with van der Waals surface area (Å²) in [6, 6.07) is 0. The minimum absolute atomic E-state index is 0.113. The Morgan fingerprint density at radius 1 is 1.64 bits per heavy atom. The average molecular weight is 171 g/mol. The van der Waals surface area contributed by atoms with Crippen LogP contribution in [-0.2, 0) is 0 Å². The predicted molar refractivity (Wildman–Crippen MR) is 44.9 cm³/mol. The van der Waals surface area contributed by atoms with Crippen molar-refractivity contribution >= 4 is 11.6 Å². The van der Waals surface area contributed by atoms with Crippen LogP contribution < -0.4 is 0 Å². The first-order valence-corrected chi connectivity index (χ1v) is 3.79. The average Bonchev–Trinajstić information content (AvgIpc) is 1.97. The molecule has 0 radical (unpaired) electrons. The zero-order valence-electron chi connectivity index (χ0n) is 6.14. The Balaban J connectivity index is 2.94. The van der Waals surface area contributed by atoms with Gasteiger partial charge in [-0.3, -0.25) is 0 Å². The number of hydrogen-bond acceptors (Lipinski definition) is 0. The Bertz CT molecular complexity index is 257. The first-order chi connectivity index (χ1) is 5.15. The number of hydrogen-bond donors (Lipinski definition) is 0. The molecule has 1 rings (SSSR count). The molecule has 0 saturated carbocycles. The van der Waals surface area contributed by atoms with Gasteiger partial charge in [0.1, 0.15) is 5.83 Å². The monoisotopic (exact) mass is 170 g/mol. The molecule has 0 aromatic heterocycles. The van der Waals surface area contributed by atoms with Crippen molar-refractivity contribution in [2.24, 2.45) is 5.92 Å². The zero-order chi connectivity index (χ0) is 8.43. The number of alkyl halides is 1. The lowest BCUT2D eigenvalue weighted by Gasteiger charge is -2.15. The molecule has 2 unspecified atom stereocenters. The van der Waals surface area contributed by atoms with Gasteiger partial charge in [-0.15, -0.1) is 18.0 Å². The van der Waals surface area contributed by atoms with Gasteiger partial charge in [0.05, 0.1) is 11.0 Å². The summed E-state index contributed by atoms with van der Waals surface area (Å²) >= 11 is 5.75. The van der Waals surface area contributed by atoms with Crippen molar-refractivity contribution in [3.05, 3.63) is 23.6 Å². The minimum atomic E-state index is -0.384. The molecular weight excluding hydrogens is 163 g/mol. The van der Waals surface area contributed by atoms with Gasteiger partial charge in [0, 0.05) is 0 Å². The van der Waals surface area contributed by atoms with Gasteiger partial charge in [0.25, 0.3) is 0 Å². The summed E-state index contributed by atoms with van der Waals surface area (Å²) in [5.74, 6) is 1.99. The van der Waals surface area contributed by atoms with E-state index in [1.165, 1.54) is 6.08 Å². The summed E-state index contributed by atoms with van der Waals surface area (Å²) in [6.07, 6.45) is 8.08. The van der Waals surface area contributed by atoms with Crippen LogP contribution in [0.15, 0.2) is 23.6 Å². The lowest BCUT2D eigenvalue weighted by Crippen LogP contribution is -2.11. The number of rotatable bonds is 0. The third-order valence-electron chi connectivity index (χ3n) is 1.65. The summed E-state index contributed by atoms with van der Waals surface area (Å²) in [4.78, 5) is 0. The van der Waals surface area contributed by atoms with Crippen LogP contribution >= 0.6 is 11.6 Å². The zero-order valence-corrected chi connectivity index (χ0v) is 6.90. The first kappa shape index (κ1) is 8.36. The van der Waals surface area contributed by atoms with Crippen molar-refractivity contribution in [2.75, 3.05) is 0 Å². The summed E-state index contributed by atoms with van der Waals surface area (Å²) in [5, 5.41) is -0.271. The summed E-state index contributed by atoms with van der Waals surface area (Å²) in [6.45, 7) is 1.90. The highest BCUT2D eigenvalue weighted by Gasteiger charge is 2.18. The van der Waals surface area contributed by atoms with Crippen molar-refractivity contribution in [3.63, 3.8) is 0 Å².